The summed E-state index contributed by atoms with van der Waals surface area (Å²) in [6, 6.07) is 27.2. The molecule has 40 heavy (non-hydrogen) atoms. The van der Waals surface area contributed by atoms with E-state index in [0.29, 0.717) is 35.5 Å². The molecule has 0 aliphatic heterocycles. The van der Waals surface area contributed by atoms with Crippen LogP contribution in [0.15, 0.2) is 93.8 Å². The Balaban J connectivity index is 1.50. The molecule has 1 unspecified atom stereocenters. The van der Waals surface area contributed by atoms with Crippen LogP contribution >= 0.6 is 15.9 Å². The van der Waals surface area contributed by atoms with Crippen LogP contribution in [0.25, 0.3) is 33.1 Å². The first-order chi connectivity index (χ1) is 19.5. The van der Waals surface area contributed by atoms with E-state index in [0.717, 1.165) is 44.6 Å². The number of hydrogen-bond acceptors (Lipinski definition) is 5. The highest BCUT2D eigenvalue weighted by Crippen LogP contribution is 2.39. The van der Waals surface area contributed by atoms with Gasteiger partial charge in [-0.15, -0.1) is 0 Å². The van der Waals surface area contributed by atoms with Gasteiger partial charge in [0.05, 0.1) is 16.6 Å². The fraction of sp³-hybridized carbons (Fsp3) is 0.235. The molecule has 204 valence electrons. The number of carbonyl (C=O) groups is 2. The van der Waals surface area contributed by atoms with E-state index in [4.69, 9.17) is 13.9 Å². The van der Waals surface area contributed by atoms with Gasteiger partial charge in [0.25, 0.3) is 0 Å². The molecule has 0 radical (unpaired) electrons. The number of ketones is 1. The van der Waals surface area contributed by atoms with Crippen LogP contribution in [0.1, 0.15) is 49.0 Å². The molecule has 5 rings (SSSR count). The van der Waals surface area contributed by atoms with Gasteiger partial charge in [-0.3, -0.25) is 4.79 Å². The summed E-state index contributed by atoms with van der Waals surface area (Å²) in [6.07, 6.45) is 1.87. The van der Waals surface area contributed by atoms with Crippen molar-refractivity contribution >= 4 is 49.4 Å². The van der Waals surface area contributed by atoms with E-state index in [9.17, 15) is 9.59 Å². The molecule has 1 heterocycles. The third-order valence-electron chi connectivity index (χ3n) is 6.90. The summed E-state index contributed by atoms with van der Waals surface area (Å²) >= 11 is 3.70. The van der Waals surface area contributed by atoms with E-state index in [1.807, 2.05) is 84.9 Å². The lowest BCUT2D eigenvalue weighted by Crippen LogP contribution is -2.31. The topological polar surface area (TPSA) is 65.7 Å². The van der Waals surface area contributed by atoms with E-state index in [1.54, 1.807) is 6.92 Å². The van der Waals surface area contributed by atoms with E-state index < -0.39 is 12.1 Å². The van der Waals surface area contributed by atoms with Gasteiger partial charge >= 0.3 is 5.97 Å². The molecule has 1 atom stereocenters. The van der Waals surface area contributed by atoms with E-state index in [2.05, 4.69) is 22.9 Å². The van der Waals surface area contributed by atoms with Crippen LogP contribution in [-0.2, 0) is 16.0 Å². The Morgan fingerprint density at radius 2 is 1.68 bits per heavy atom. The average molecular weight is 600 g/mol. The van der Waals surface area contributed by atoms with Crippen LogP contribution in [0.2, 0.25) is 0 Å². The van der Waals surface area contributed by atoms with Crippen molar-refractivity contribution in [2.24, 2.45) is 0 Å². The van der Waals surface area contributed by atoms with Crippen LogP contribution < -0.4 is 4.74 Å². The predicted octanol–water partition coefficient (Wildman–Crippen LogP) is 8.94. The molecule has 0 N–H and O–H groups in total. The van der Waals surface area contributed by atoms with Crippen molar-refractivity contribution in [3.63, 3.8) is 0 Å². The highest BCUT2D eigenvalue weighted by molar-refractivity contribution is 9.10. The number of carbonyl (C=O) groups excluding carboxylic acids is 2. The largest absolute Gasteiger partial charge is 0.477 e. The molecule has 0 saturated carbocycles. The number of Topliss-reactive ketones (excluding diaryl/α,β-unsaturated/α-hetero) is 1. The van der Waals surface area contributed by atoms with Crippen LogP contribution in [0.4, 0.5) is 0 Å². The number of hydrogen-bond donors (Lipinski definition) is 0. The molecular weight excluding hydrogens is 568 g/mol. The third kappa shape index (κ3) is 5.82. The minimum absolute atomic E-state index is 0.0928. The van der Waals surface area contributed by atoms with Crippen molar-refractivity contribution in [1.82, 2.24) is 0 Å². The van der Waals surface area contributed by atoms with Crippen LogP contribution in [0.5, 0.6) is 5.75 Å². The van der Waals surface area contributed by atoms with Crippen molar-refractivity contribution in [3.8, 4) is 17.1 Å². The van der Waals surface area contributed by atoms with Crippen molar-refractivity contribution in [2.75, 3.05) is 6.61 Å². The Morgan fingerprint density at radius 1 is 0.900 bits per heavy atom. The smallest absolute Gasteiger partial charge is 0.347 e. The summed E-state index contributed by atoms with van der Waals surface area (Å²) in [7, 11) is 0. The normalized spacial score (nSPS) is 12.0. The third-order valence-corrected chi connectivity index (χ3v) is 7.71. The number of para-hydroxylation sites is 1. The van der Waals surface area contributed by atoms with Gasteiger partial charge in [-0.25, -0.2) is 4.79 Å². The second-order valence-electron chi connectivity index (χ2n) is 9.69. The summed E-state index contributed by atoms with van der Waals surface area (Å²) in [5, 5.41) is 2.70. The minimum atomic E-state index is -0.789. The highest BCUT2D eigenvalue weighted by Gasteiger charge is 2.25. The maximum atomic E-state index is 13.2. The standard InChI is InChI=1S/C34H31BrO5/c1-3-5-14-27(36)31-26-13-9-10-15-28(26)40-33(31)24-16-18-25-23(21-24)17-19-29(32(25)35)39-30(34(37)38-4-2)20-22-11-7-6-8-12-22/h6-13,15-19,21,30H,3-5,14,20H2,1-2H3. The Hall–Kier alpha value is -3.90. The van der Waals surface area contributed by atoms with E-state index in [-0.39, 0.29) is 12.4 Å². The fourth-order valence-electron chi connectivity index (χ4n) is 4.88. The van der Waals surface area contributed by atoms with Crippen molar-refractivity contribution in [2.45, 2.75) is 45.6 Å². The van der Waals surface area contributed by atoms with Gasteiger partial charge in [0, 0.05) is 23.8 Å². The average Bonchev–Trinajstić information content (AvgIpc) is 3.37. The first-order valence-corrected chi connectivity index (χ1v) is 14.4. The minimum Gasteiger partial charge on any atom is -0.477 e. The zero-order valence-electron chi connectivity index (χ0n) is 22.6. The summed E-state index contributed by atoms with van der Waals surface area (Å²) < 4.78 is 18.5. The van der Waals surface area contributed by atoms with E-state index in [1.165, 1.54) is 0 Å². The lowest BCUT2D eigenvalue weighted by Gasteiger charge is -2.19. The maximum Gasteiger partial charge on any atom is 0.347 e. The highest BCUT2D eigenvalue weighted by atomic mass is 79.9. The quantitative estimate of drug-likeness (QED) is 0.112. The number of halogens is 1. The fourth-order valence-corrected chi connectivity index (χ4v) is 5.47. The number of fused-ring (bicyclic) bond motifs is 2. The molecule has 0 bridgehead atoms. The number of rotatable bonds is 11. The molecule has 1 aromatic heterocycles. The molecule has 0 spiro atoms. The zero-order chi connectivity index (χ0) is 28.1. The van der Waals surface area contributed by atoms with Gasteiger partial charge in [0.15, 0.2) is 11.9 Å². The summed E-state index contributed by atoms with van der Waals surface area (Å²) in [5.74, 6) is 0.827. The van der Waals surface area contributed by atoms with Gasteiger partial charge in [-0.1, -0.05) is 80.1 Å². The molecule has 6 heteroatoms. The Kier molecular flexibility index (Phi) is 8.66. The van der Waals surface area contributed by atoms with Gasteiger partial charge in [0.2, 0.25) is 0 Å². The monoisotopic (exact) mass is 598 g/mol. The van der Waals surface area contributed by atoms with Gasteiger partial charge < -0.3 is 13.9 Å². The second-order valence-corrected chi connectivity index (χ2v) is 10.5. The Labute approximate surface area is 242 Å². The predicted molar refractivity (Wildman–Crippen MR) is 162 cm³/mol. The van der Waals surface area contributed by atoms with Crippen LogP contribution in [0, 0.1) is 0 Å². The number of esters is 1. The maximum absolute atomic E-state index is 13.2. The molecule has 4 aromatic carbocycles. The number of unbranched alkanes of at least 4 members (excludes halogenated alkanes) is 1. The Bertz CT molecular complexity index is 1650. The van der Waals surface area contributed by atoms with Crippen molar-refractivity contribution < 1.29 is 23.5 Å². The van der Waals surface area contributed by atoms with Gasteiger partial charge in [-0.2, -0.15) is 0 Å². The second kappa shape index (κ2) is 12.5. The number of furan rings is 1. The van der Waals surface area contributed by atoms with Crippen molar-refractivity contribution in [3.05, 3.63) is 101 Å². The summed E-state index contributed by atoms with van der Waals surface area (Å²) in [5.41, 5.74) is 3.15. The van der Waals surface area contributed by atoms with E-state index >= 15 is 0 Å². The molecule has 0 amide bonds. The Morgan fingerprint density at radius 3 is 2.45 bits per heavy atom. The molecule has 0 aliphatic rings. The number of ether oxygens (including phenoxy) is 2. The first-order valence-electron chi connectivity index (χ1n) is 13.6. The van der Waals surface area contributed by atoms with Gasteiger partial charge in [-0.05, 0) is 63.8 Å². The zero-order valence-corrected chi connectivity index (χ0v) is 24.2. The molecule has 0 fully saturated rings. The first kappa shape index (κ1) is 27.7. The molecule has 0 saturated heterocycles. The van der Waals surface area contributed by atoms with Crippen LogP contribution in [0.3, 0.4) is 0 Å². The summed E-state index contributed by atoms with van der Waals surface area (Å²) in [4.78, 5) is 26.0. The lowest BCUT2D eigenvalue weighted by molar-refractivity contribution is -0.151. The molecule has 5 aromatic rings. The molecule has 5 nitrogen and oxygen atoms in total. The molecular formula is C34H31BrO5. The lowest BCUT2D eigenvalue weighted by atomic mass is 9.97. The van der Waals surface area contributed by atoms with Gasteiger partial charge in [0.1, 0.15) is 17.1 Å². The molecule has 0 aliphatic carbocycles. The SMILES string of the molecule is CCCCC(=O)c1c(-c2ccc3c(Br)c(OC(Cc4ccccc4)C(=O)OCC)ccc3c2)oc2ccccc12. The summed E-state index contributed by atoms with van der Waals surface area (Å²) in [6.45, 7) is 4.14. The number of benzene rings is 4. The van der Waals surface area contributed by atoms with Crippen molar-refractivity contribution in [1.29, 1.82) is 0 Å². The van der Waals surface area contributed by atoms with Crippen LogP contribution in [-0.4, -0.2) is 24.5 Å².